The lowest BCUT2D eigenvalue weighted by molar-refractivity contribution is -0.293. The number of carbonyl (C=O) groups is 2. The van der Waals surface area contributed by atoms with Gasteiger partial charge in [0.2, 0.25) is 0 Å². The molecule has 1 spiro atoms. The largest absolute Gasteiger partial charge is 0.459 e. The molecule has 2 unspecified atom stereocenters. The SMILES string of the molecule is C=C1C[C@@H]2CC[C@@]34CC5OC6[C@@H](O3)[C@H]3O[C@H](CC[C@@H]3O[C@H]6[C@H]5O4)CC(=O)O[C@@H]3[C@@H](C)[C@@H]4O[C@H](CC=O)[C@H](O[Si](C)(C)C(C)(C)C)C[C@@H]4O[C@H]3C[C@H]3O[C@@H](CC[C@@H]1O2)C[C@@H](C)C3=C. The maximum absolute atomic E-state index is 14.3. The Morgan fingerprint density at radius 3 is 2.21 bits per heavy atom. The van der Waals surface area contributed by atoms with Gasteiger partial charge in [-0.05, 0) is 80.1 Å². The lowest BCUT2D eigenvalue weighted by Gasteiger charge is -2.53. The summed E-state index contributed by atoms with van der Waals surface area (Å²) in [4.78, 5) is 26.4. The minimum absolute atomic E-state index is 0.00318. The fourth-order valence-electron chi connectivity index (χ4n) is 12.5. The van der Waals surface area contributed by atoms with Gasteiger partial charge < -0.3 is 56.6 Å². The number of fused-ring (bicyclic) bond motifs is 7. The molecule has 0 N–H and O–H groups in total. The highest BCUT2D eigenvalue weighted by atomic mass is 28.4. The van der Waals surface area contributed by atoms with E-state index < -0.39 is 50.7 Å². The molecule has 11 fully saturated rings. The average Bonchev–Trinajstić information content (AvgIpc) is 3.79. The summed E-state index contributed by atoms with van der Waals surface area (Å²) in [7, 11) is -2.23. The zero-order valence-corrected chi connectivity index (χ0v) is 39.0. The Labute approximate surface area is 369 Å². The van der Waals surface area contributed by atoms with Crippen LogP contribution < -0.4 is 0 Å². The van der Waals surface area contributed by atoms with Gasteiger partial charge in [0.25, 0.3) is 0 Å². The molecule has 0 saturated carbocycles. The molecule has 21 atom stereocenters. The van der Waals surface area contributed by atoms with Crippen LogP contribution in [0.25, 0.3) is 0 Å². The summed E-state index contributed by atoms with van der Waals surface area (Å²) < 4.78 is 75.2. The van der Waals surface area contributed by atoms with Crippen molar-refractivity contribution in [3.63, 3.8) is 0 Å². The Bertz CT molecular complexity index is 1730. The summed E-state index contributed by atoms with van der Waals surface area (Å²) in [5, 5.41) is -0.0271. The van der Waals surface area contributed by atoms with Gasteiger partial charge in [0.1, 0.15) is 42.9 Å². The predicted octanol–water partition coefficient (Wildman–Crippen LogP) is 6.82. The molecule has 11 saturated heterocycles. The number of rotatable bonds is 4. The Balaban J connectivity index is 0.932. The molecule has 13 nitrogen and oxygen atoms in total. The second kappa shape index (κ2) is 16.6. The van der Waals surface area contributed by atoms with Gasteiger partial charge in [0, 0.05) is 38.0 Å². The molecule has 0 aliphatic carbocycles. The van der Waals surface area contributed by atoms with Crippen LogP contribution in [0.5, 0.6) is 0 Å². The quantitative estimate of drug-likeness (QED) is 0.127. The first-order valence-corrected chi connectivity index (χ1v) is 27.0. The van der Waals surface area contributed by atoms with E-state index in [-0.39, 0.29) is 109 Å². The van der Waals surface area contributed by atoms with E-state index in [0.717, 1.165) is 56.0 Å². The van der Waals surface area contributed by atoms with E-state index in [4.69, 9.17) is 51.8 Å². The Morgan fingerprint density at radius 2 is 1.42 bits per heavy atom. The summed E-state index contributed by atoms with van der Waals surface area (Å²) in [6.45, 7) is 24.5. The lowest BCUT2D eigenvalue weighted by atomic mass is 9.79. The third-order valence-corrected chi connectivity index (χ3v) is 21.5. The van der Waals surface area contributed by atoms with Crippen LogP contribution in [-0.4, -0.2) is 136 Å². The van der Waals surface area contributed by atoms with Crippen molar-refractivity contribution in [3.8, 4) is 0 Å². The van der Waals surface area contributed by atoms with Crippen LogP contribution in [0.4, 0.5) is 0 Å². The van der Waals surface area contributed by atoms with Gasteiger partial charge >= 0.3 is 5.97 Å². The summed E-state index contributed by atoms with van der Waals surface area (Å²) >= 11 is 0. The maximum atomic E-state index is 14.3. The molecule has 11 rings (SSSR count). The number of aldehydes is 1. The van der Waals surface area contributed by atoms with Crippen LogP contribution in [0, 0.1) is 11.8 Å². The van der Waals surface area contributed by atoms with E-state index in [2.05, 4.69) is 60.9 Å². The zero-order chi connectivity index (χ0) is 43.5. The average molecular weight is 885 g/mol. The van der Waals surface area contributed by atoms with Gasteiger partial charge in [-0.3, -0.25) is 4.79 Å². The van der Waals surface area contributed by atoms with Gasteiger partial charge in [0.15, 0.2) is 14.1 Å². The van der Waals surface area contributed by atoms with Crippen LogP contribution in [0.2, 0.25) is 18.1 Å². The van der Waals surface area contributed by atoms with Crippen LogP contribution in [0.15, 0.2) is 24.3 Å². The van der Waals surface area contributed by atoms with Crippen molar-refractivity contribution in [2.24, 2.45) is 11.8 Å². The van der Waals surface area contributed by atoms with E-state index in [9.17, 15) is 9.59 Å². The van der Waals surface area contributed by atoms with E-state index in [1.165, 1.54) is 0 Å². The molecule has 346 valence electrons. The summed E-state index contributed by atoms with van der Waals surface area (Å²) in [5.74, 6) is -1.16. The standard InChI is InChI=1S/C48H72O13Si/c1-24-18-28-10-12-31-25(2)19-30(51-31)14-16-48-23-38-43(59-48)44-45(57-38)46(60-48)42-33(56-44)13-11-29(53-42)20-39(50)58-41-27(4)40-37(54-36(41)21-34(52-28)26(24)3)22-35(32(55-40)15-17-49)61-62(8,9)47(5,6)7/h17,24,27-38,40-46H,2-3,10-16,18-23H2,1,4-9H3/t24-,27+,28+,29-,30+,31+,32-,33+,34-,35-,36+,37+,38?,40+,41-,42+,43+,44+,45?,46+,48+/m1/s1. The minimum atomic E-state index is -2.23. The Hall–Kier alpha value is -1.56. The molecular formula is C48H72O13Si. The third-order valence-electron chi connectivity index (χ3n) is 17.0. The molecule has 0 amide bonds. The molecule has 62 heavy (non-hydrogen) atoms. The minimum Gasteiger partial charge on any atom is -0.459 e. The van der Waals surface area contributed by atoms with E-state index in [1.807, 2.05) is 0 Å². The van der Waals surface area contributed by atoms with Crippen LogP contribution in [0.1, 0.15) is 118 Å². The van der Waals surface area contributed by atoms with Crippen LogP contribution >= 0.6 is 0 Å². The van der Waals surface area contributed by atoms with Gasteiger partial charge in [-0.2, -0.15) is 0 Å². The van der Waals surface area contributed by atoms with Crippen LogP contribution in [-0.2, 0) is 61.4 Å². The summed E-state index contributed by atoms with van der Waals surface area (Å²) in [6.07, 6.45) is 4.10. The third kappa shape index (κ3) is 8.08. The van der Waals surface area contributed by atoms with Crippen molar-refractivity contribution >= 4 is 20.6 Å². The van der Waals surface area contributed by atoms with E-state index in [0.29, 0.717) is 32.1 Å². The van der Waals surface area contributed by atoms with E-state index in [1.54, 1.807) is 0 Å². The van der Waals surface area contributed by atoms with Crippen molar-refractivity contribution in [1.82, 2.24) is 0 Å². The molecule has 0 aromatic carbocycles. The summed E-state index contributed by atoms with van der Waals surface area (Å²) in [5.41, 5.74) is 2.17. The monoisotopic (exact) mass is 884 g/mol. The van der Waals surface area contributed by atoms with Crippen molar-refractivity contribution in [1.29, 1.82) is 0 Å². The van der Waals surface area contributed by atoms with Crippen molar-refractivity contribution in [2.45, 2.75) is 252 Å². The molecule has 0 aromatic heterocycles. The molecular weight excluding hydrogens is 813 g/mol. The molecule has 11 aliphatic rings. The van der Waals surface area contributed by atoms with Crippen LogP contribution in [0.3, 0.4) is 0 Å². The first-order valence-electron chi connectivity index (χ1n) is 24.1. The first kappa shape index (κ1) is 44.3. The molecule has 0 aromatic rings. The molecule has 11 heterocycles. The Morgan fingerprint density at radius 1 is 0.710 bits per heavy atom. The highest BCUT2D eigenvalue weighted by Gasteiger charge is 2.69. The second-order valence-electron chi connectivity index (χ2n) is 22.2. The van der Waals surface area contributed by atoms with Gasteiger partial charge in [-0.25, -0.2) is 0 Å². The van der Waals surface area contributed by atoms with Gasteiger partial charge in [0.05, 0.1) is 79.7 Å². The molecule has 14 heteroatoms. The maximum Gasteiger partial charge on any atom is 0.308 e. The number of hydrogen-bond acceptors (Lipinski definition) is 13. The highest BCUT2D eigenvalue weighted by Crippen LogP contribution is 2.55. The molecule has 11 aliphatic heterocycles. The first-order chi connectivity index (χ1) is 29.5. The Kier molecular flexibility index (Phi) is 11.9. The predicted molar refractivity (Wildman–Crippen MR) is 228 cm³/mol. The molecule has 12 bridgehead atoms. The number of hydrogen-bond donors (Lipinski definition) is 0. The van der Waals surface area contributed by atoms with Gasteiger partial charge in [-0.15, -0.1) is 0 Å². The van der Waals surface area contributed by atoms with Crippen molar-refractivity contribution < 1.29 is 61.4 Å². The zero-order valence-electron chi connectivity index (χ0n) is 38.0. The fourth-order valence-corrected chi connectivity index (χ4v) is 13.8. The normalized spacial score (nSPS) is 50.6. The fraction of sp³-hybridized carbons (Fsp3) is 0.875. The second-order valence-corrected chi connectivity index (χ2v) is 27.0. The number of ether oxygens (including phenoxy) is 10. The number of esters is 1. The van der Waals surface area contributed by atoms with E-state index >= 15 is 0 Å². The topological polar surface area (TPSA) is 136 Å². The summed E-state index contributed by atoms with van der Waals surface area (Å²) in [6, 6.07) is 0. The lowest BCUT2D eigenvalue weighted by Crippen LogP contribution is -2.63. The smallest absolute Gasteiger partial charge is 0.308 e. The van der Waals surface area contributed by atoms with Gasteiger partial charge in [-0.1, -0.05) is 47.8 Å². The highest BCUT2D eigenvalue weighted by molar-refractivity contribution is 6.74. The van der Waals surface area contributed by atoms with Crippen molar-refractivity contribution in [3.05, 3.63) is 24.3 Å². The van der Waals surface area contributed by atoms with Crippen molar-refractivity contribution in [2.75, 3.05) is 0 Å². The number of carbonyl (C=O) groups excluding carboxylic acids is 2. The molecule has 0 radical (unpaired) electrons.